The summed E-state index contributed by atoms with van der Waals surface area (Å²) in [4.78, 5) is 0. The van der Waals surface area contributed by atoms with Crippen molar-refractivity contribution < 1.29 is 9.22 Å². The van der Waals surface area contributed by atoms with Crippen LogP contribution in [0.15, 0.2) is 12.7 Å². The molecule has 0 atom stereocenters. The Hall–Kier alpha value is -0.340. The van der Waals surface area contributed by atoms with Crippen molar-refractivity contribution in [1.29, 1.82) is 0 Å². The van der Waals surface area contributed by atoms with Crippen LogP contribution in [-0.4, -0.2) is 39.0 Å². The summed E-state index contributed by atoms with van der Waals surface area (Å²) in [6.07, 6.45) is 1.76. The Morgan fingerprint density at radius 3 is 2.33 bits per heavy atom. The zero-order valence-corrected chi connectivity index (χ0v) is 6.55. The largest absolute Gasteiger partial charge is 0.328 e. The lowest BCUT2D eigenvalue weighted by Gasteiger charge is -2.22. The molecule has 0 amide bonds. The fraction of sp³-hybridized carbons (Fsp3) is 0.714. The summed E-state index contributed by atoms with van der Waals surface area (Å²) in [6, 6.07) is 0. The first-order chi connectivity index (χ1) is 4.06. The van der Waals surface area contributed by atoms with Gasteiger partial charge in [-0.15, -0.1) is 6.58 Å². The molecule has 0 saturated heterocycles. The third-order valence-corrected chi connectivity index (χ3v) is 0.714. The lowest BCUT2D eigenvalue weighted by atomic mass is 10.7. The minimum Gasteiger partial charge on any atom is -0.328 e. The maximum absolute atomic E-state index is 5.20. The summed E-state index contributed by atoms with van der Waals surface area (Å²) in [5.41, 5.74) is 0. The van der Waals surface area contributed by atoms with Crippen molar-refractivity contribution in [1.82, 2.24) is 0 Å². The quantitative estimate of drug-likeness (QED) is 0.237. The molecule has 0 rings (SSSR count). The number of hydrogen-bond acceptors (Lipinski definition) is 1. The minimum absolute atomic E-state index is 0.648. The molecule has 0 aliphatic rings. The minimum atomic E-state index is 0.648. The highest BCUT2D eigenvalue weighted by molar-refractivity contribution is 4.62. The van der Waals surface area contributed by atoms with Gasteiger partial charge in [-0.2, -0.15) is 0 Å². The molecular weight excluding hydrogens is 114 g/mol. The summed E-state index contributed by atoms with van der Waals surface area (Å²) in [6.45, 7) is 4.94. The van der Waals surface area contributed by atoms with Gasteiger partial charge in [0, 0.05) is 0 Å². The normalized spacial score (nSPS) is 11.4. The fourth-order valence-corrected chi connectivity index (χ4v) is 0.410. The van der Waals surface area contributed by atoms with Crippen molar-refractivity contribution in [2.75, 3.05) is 34.5 Å². The Morgan fingerprint density at radius 2 is 2.00 bits per heavy atom. The van der Waals surface area contributed by atoms with E-state index in [-0.39, 0.29) is 0 Å². The first-order valence-corrected chi connectivity index (χ1v) is 3.05. The molecule has 2 nitrogen and oxygen atoms in total. The number of rotatable bonds is 4. The van der Waals surface area contributed by atoms with Crippen LogP contribution < -0.4 is 0 Å². The number of nitrogens with zero attached hydrogens (tertiary/aromatic N) is 1. The third-order valence-electron chi connectivity index (χ3n) is 0.714. The molecule has 54 valence electrons. The highest BCUT2D eigenvalue weighted by Crippen LogP contribution is 1.89. The molecule has 2 heteroatoms. The lowest BCUT2D eigenvalue weighted by molar-refractivity contribution is -0.890. The van der Waals surface area contributed by atoms with Gasteiger partial charge in [-0.25, -0.2) is 0 Å². The highest BCUT2D eigenvalue weighted by atomic mass is 16.5. The second-order valence-corrected chi connectivity index (χ2v) is 3.08. The Morgan fingerprint density at radius 1 is 1.44 bits per heavy atom. The zero-order valence-electron chi connectivity index (χ0n) is 6.55. The molecule has 0 N–H and O–H groups in total. The van der Waals surface area contributed by atoms with Crippen LogP contribution in [0.2, 0.25) is 0 Å². The summed E-state index contributed by atoms with van der Waals surface area (Å²) in [5, 5.41) is 0. The van der Waals surface area contributed by atoms with Crippen LogP contribution in [0.4, 0.5) is 0 Å². The standard InChI is InChI=1S/C7H16NO/c1-5-6-9-7-8(2,3)4/h5H,1,6-7H2,2-4H3/q+1. The van der Waals surface area contributed by atoms with Gasteiger partial charge in [0.15, 0.2) is 6.73 Å². The smallest absolute Gasteiger partial charge is 0.182 e. The van der Waals surface area contributed by atoms with Crippen molar-refractivity contribution >= 4 is 0 Å². The molecule has 0 bridgehead atoms. The van der Waals surface area contributed by atoms with Gasteiger partial charge < -0.3 is 9.22 Å². The summed E-state index contributed by atoms with van der Waals surface area (Å²) < 4.78 is 6.04. The van der Waals surface area contributed by atoms with Crippen LogP contribution >= 0.6 is 0 Å². The van der Waals surface area contributed by atoms with E-state index in [2.05, 4.69) is 27.7 Å². The van der Waals surface area contributed by atoms with Gasteiger partial charge in [-0.3, -0.25) is 0 Å². The van der Waals surface area contributed by atoms with E-state index < -0.39 is 0 Å². The van der Waals surface area contributed by atoms with Crippen molar-refractivity contribution in [3.8, 4) is 0 Å². The molecule has 0 aliphatic carbocycles. The van der Waals surface area contributed by atoms with Crippen LogP contribution in [0.25, 0.3) is 0 Å². The van der Waals surface area contributed by atoms with Gasteiger partial charge in [-0.05, 0) is 0 Å². The second-order valence-electron chi connectivity index (χ2n) is 3.08. The van der Waals surface area contributed by atoms with Crippen LogP contribution in [0.1, 0.15) is 0 Å². The number of hydrogen-bond donors (Lipinski definition) is 0. The van der Waals surface area contributed by atoms with E-state index in [1.54, 1.807) is 6.08 Å². The highest BCUT2D eigenvalue weighted by Gasteiger charge is 2.03. The van der Waals surface area contributed by atoms with Gasteiger partial charge >= 0.3 is 0 Å². The molecular formula is C7H16NO+. The molecule has 0 radical (unpaired) electrons. The van der Waals surface area contributed by atoms with E-state index in [0.29, 0.717) is 6.61 Å². The van der Waals surface area contributed by atoms with Crippen LogP contribution in [0.5, 0.6) is 0 Å². The third kappa shape index (κ3) is 7.66. The maximum Gasteiger partial charge on any atom is 0.182 e. The van der Waals surface area contributed by atoms with Crippen LogP contribution in [-0.2, 0) is 4.74 Å². The molecule has 0 aliphatic heterocycles. The van der Waals surface area contributed by atoms with Crippen molar-refractivity contribution in [2.24, 2.45) is 0 Å². The predicted molar refractivity (Wildman–Crippen MR) is 39.0 cm³/mol. The molecule has 0 heterocycles. The Kier molecular flexibility index (Phi) is 3.50. The average molecular weight is 130 g/mol. The fourth-order valence-electron chi connectivity index (χ4n) is 0.410. The maximum atomic E-state index is 5.20. The SMILES string of the molecule is C=CCOC[N+](C)(C)C. The van der Waals surface area contributed by atoms with Gasteiger partial charge in [0.2, 0.25) is 0 Å². The Balaban J connectivity index is 3.17. The molecule has 0 aromatic heterocycles. The Labute approximate surface area is 57.3 Å². The zero-order chi connectivity index (χ0) is 7.33. The Bertz CT molecular complexity index is 83.4. The molecule has 0 spiro atoms. The summed E-state index contributed by atoms with van der Waals surface area (Å²) in [7, 11) is 6.26. The predicted octanol–water partition coefficient (Wildman–Crippen LogP) is 0.853. The van der Waals surface area contributed by atoms with Gasteiger partial charge in [0.25, 0.3) is 0 Å². The van der Waals surface area contributed by atoms with Crippen molar-refractivity contribution in [2.45, 2.75) is 0 Å². The van der Waals surface area contributed by atoms with E-state index in [1.807, 2.05) is 0 Å². The second kappa shape index (κ2) is 3.64. The average Bonchev–Trinajstić information content (AvgIpc) is 1.63. The monoisotopic (exact) mass is 130 g/mol. The molecule has 0 fully saturated rings. The molecule has 0 aromatic rings. The van der Waals surface area contributed by atoms with Crippen molar-refractivity contribution in [3.05, 3.63) is 12.7 Å². The molecule has 0 saturated carbocycles. The molecule has 9 heavy (non-hydrogen) atoms. The summed E-state index contributed by atoms with van der Waals surface area (Å²) >= 11 is 0. The first-order valence-electron chi connectivity index (χ1n) is 3.05. The number of quaternary nitrogens is 1. The lowest BCUT2D eigenvalue weighted by Crippen LogP contribution is -2.36. The van der Waals surface area contributed by atoms with Gasteiger partial charge in [0.1, 0.15) is 0 Å². The van der Waals surface area contributed by atoms with E-state index in [9.17, 15) is 0 Å². The number of ether oxygens (including phenoxy) is 1. The van der Waals surface area contributed by atoms with Gasteiger partial charge in [-0.1, -0.05) is 6.08 Å². The first kappa shape index (κ1) is 8.66. The molecule has 0 aromatic carbocycles. The molecule has 0 unspecified atom stereocenters. The van der Waals surface area contributed by atoms with Crippen LogP contribution in [0.3, 0.4) is 0 Å². The summed E-state index contributed by atoms with van der Waals surface area (Å²) in [5.74, 6) is 0. The van der Waals surface area contributed by atoms with Crippen molar-refractivity contribution in [3.63, 3.8) is 0 Å². The topological polar surface area (TPSA) is 9.23 Å². The van der Waals surface area contributed by atoms with Gasteiger partial charge in [0.05, 0.1) is 27.7 Å². The van der Waals surface area contributed by atoms with E-state index in [4.69, 9.17) is 4.74 Å². The van der Waals surface area contributed by atoms with E-state index >= 15 is 0 Å². The van der Waals surface area contributed by atoms with E-state index in [0.717, 1.165) is 11.2 Å². The van der Waals surface area contributed by atoms with E-state index in [1.165, 1.54) is 0 Å². The van der Waals surface area contributed by atoms with Crippen LogP contribution in [0, 0.1) is 0 Å².